The molecule has 0 radical (unpaired) electrons. The Morgan fingerprint density at radius 3 is 2.56 bits per heavy atom. The maximum absolute atomic E-state index is 12.2. The number of ether oxygens (including phenoxy) is 1. The molecule has 0 atom stereocenters. The molecule has 2 rings (SSSR count). The molecule has 8 heteroatoms. The molecule has 2 N–H and O–H groups in total. The van der Waals surface area contributed by atoms with Crippen molar-refractivity contribution in [1.29, 1.82) is 0 Å². The summed E-state index contributed by atoms with van der Waals surface area (Å²) in [4.78, 5) is 13.1. The summed E-state index contributed by atoms with van der Waals surface area (Å²) in [5, 5.41) is 4.78. The van der Waals surface area contributed by atoms with Crippen molar-refractivity contribution in [1.82, 2.24) is 10.0 Å². The first-order valence-corrected chi connectivity index (χ1v) is 10.4. The van der Waals surface area contributed by atoms with Crippen LogP contribution in [-0.2, 0) is 21.2 Å². The Balaban J connectivity index is 1.72. The van der Waals surface area contributed by atoms with Crippen molar-refractivity contribution in [2.45, 2.75) is 24.7 Å². The number of benzene rings is 1. The van der Waals surface area contributed by atoms with Crippen LogP contribution >= 0.6 is 11.3 Å². The summed E-state index contributed by atoms with van der Waals surface area (Å²) >= 11 is 1.65. The fourth-order valence-electron chi connectivity index (χ4n) is 2.13. The summed E-state index contributed by atoms with van der Waals surface area (Å²) in [5.74, 6) is 0.442. The van der Waals surface area contributed by atoms with Gasteiger partial charge >= 0.3 is 0 Å². The van der Waals surface area contributed by atoms with Gasteiger partial charge in [-0.3, -0.25) is 4.79 Å². The molecule has 1 heterocycles. The zero-order valence-electron chi connectivity index (χ0n) is 14.0. The van der Waals surface area contributed by atoms with E-state index in [-0.39, 0.29) is 23.8 Å². The fraction of sp³-hybridized carbons (Fsp3) is 0.353. The van der Waals surface area contributed by atoms with E-state index in [1.807, 2.05) is 24.4 Å². The summed E-state index contributed by atoms with van der Waals surface area (Å²) in [6.45, 7) is 2.98. The standard InChI is InChI=1S/C17H22N2O4S2/c1-2-23-14-5-7-16(8-6-14)25(21,22)19-12-10-17(20)18-11-9-15-4-3-13-24-15/h3-8,13,19H,2,9-12H2,1H3,(H,18,20). The maximum Gasteiger partial charge on any atom is 0.240 e. The van der Waals surface area contributed by atoms with Crippen LogP contribution in [0.15, 0.2) is 46.7 Å². The van der Waals surface area contributed by atoms with Crippen molar-refractivity contribution in [3.63, 3.8) is 0 Å². The zero-order valence-corrected chi connectivity index (χ0v) is 15.7. The molecule has 136 valence electrons. The molecule has 0 aliphatic carbocycles. The van der Waals surface area contributed by atoms with Crippen LogP contribution in [0.4, 0.5) is 0 Å². The van der Waals surface area contributed by atoms with E-state index in [2.05, 4.69) is 10.0 Å². The third kappa shape index (κ3) is 6.49. The third-order valence-corrected chi connectivity index (χ3v) is 5.78. The van der Waals surface area contributed by atoms with Crippen molar-refractivity contribution in [3.05, 3.63) is 46.7 Å². The number of amides is 1. The minimum absolute atomic E-state index is 0.0559. The van der Waals surface area contributed by atoms with E-state index in [9.17, 15) is 13.2 Å². The first-order valence-electron chi connectivity index (χ1n) is 8.03. The van der Waals surface area contributed by atoms with Gasteiger partial charge in [-0.25, -0.2) is 13.1 Å². The molecule has 25 heavy (non-hydrogen) atoms. The van der Waals surface area contributed by atoms with Gasteiger partial charge in [0.1, 0.15) is 5.75 Å². The highest BCUT2D eigenvalue weighted by atomic mass is 32.2. The highest BCUT2D eigenvalue weighted by molar-refractivity contribution is 7.89. The van der Waals surface area contributed by atoms with Crippen molar-refractivity contribution < 1.29 is 17.9 Å². The Morgan fingerprint density at radius 2 is 1.92 bits per heavy atom. The fourth-order valence-corrected chi connectivity index (χ4v) is 3.87. The summed E-state index contributed by atoms with van der Waals surface area (Å²) in [6, 6.07) is 10.2. The van der Waals surface area contributed by atoms with E-state index in [0.717, 1.165) is 6.42 Å². The summed E-state index contributed by atoms with van der Waals surface area (Å²) < 4.78 is 32.1. The monoisotopic (exact) mass is 382 g/mol. The molecule has 0 saturated carbocycles. The summed E-state index contributed by atoms with van der Waals surface area (Å²) in [6.07, 6.45) is 0.877. The maximum atomic E-state index is 12.2. The molecule has 6 nitrogen and oxygen atoms in total. The number of carbonyl (C=O) groups is 1. The first kappa shape index (κ1) is 19.4. The minimum atomic E-state index is -3.63. The molecule has 2 aromatic rings. The van der Waals surface area contributed by atoms with E-state index in [4.69, 9.17) is 4.74 Å². The second-order valence-corrected chi connectivity index (χ2v) is 8.03. The molecule has 1 aromatic heterocycles. The van der Waals surface area contributed by atoms with Crippen LogP contribution in [0, 0.1) is 0 Å². The smallest absolute Gasteiger partial charge is 0.240 e. The molecule has 0 aliphatic rings. The van der Waals surface area contributed by atoms with Gasteiger partial charge in [-0.15, -0.1) is 11.3 Å². The number of hydrogen-bond donors (Lipinski definition) is 2. The lowest BCUT2D eigenvalue weighted by Gasteiger charge is -2.08. The number of nitrogens with one attached hydrogen (secondary N) is 2. The van der Waals surface area contributed by atoms with Gasteiger partial charge in [0.2, 0.25) is 15.9 Å². The quantitative estimate of drug-likeness (QED) is 0.660. The molecule has 0 aliphatic heterocycles. The van der Waals surface area contributed by atoms with Crippen LogP contribution in [-0.4, -0.2) is 34.0 Å². The van der Waals surface area contributed by atoms with Gasteiger partial charge in [0.05, 0.1) is 11.5 Å². The summed E-state index contributed by atoms with van der Waals surface area (Å²) in [7, 11) is -3.63. The van der Waals surface area contributed by atoms with Crippen LogP contribution in [0.3, 0.4) is 0 Å². The Morgan fingerprint density at radius 1 is 1.16 bits per heavy atom. The van der Waals surface area contributed by atoms with Gasteiger partial charge in [0, 0.05) is 24.4 Å². The van der Waals surface area contributed by atoms with Crippen LogP contribution in [0.2, 0.25) is 0 Å². The van der Waals surface area contributed by atoms with E-state index in [1.165, 1.54) is 17.0 Å². The van der Waals surface area contributed by atoms with Crippen LogP contribution in [0.1, 0.15) is 18.2 Å². The van der Waals surface area contributed by atoms with E-state index in [1.54, 1.807) is 23.5 Å². The Hall–Kier alpha value is -1.90. The minimum Gasteiger partial charge on any atom is -0.494 e. The molecular formula is C17H22N2O4S2. The van der Waals surface area contributed by atoms with Gasteiger partial charge in [-0.05, 0) is 49.1 Å². The Labute approximate surface area is 152 Å². The average molecular weight is 383 g/mol. The number of carbonyl (C=O) groups excluding carboxylic acids is 1. The predicted molar refractivity (Wildman–Crippen MR) is 98.4 cm³/mol. The molecule has 1 amide bonds. The topological polar surface area (TPSA) is 84.5 Å². The SMILES string of the molecule is CCOc1ccc(S(=O)(=O)NCCC(=O)NCCc2cccs2)cc1. The lowest BCUT2D eigenvalue weighted by atomic mass is 10.3. The molecule has 0 unspecified atom stereocenters. The largest absolute Gasteiger partial charge is 0.494 e. The number of hydrogen-bond acceptors (Lipinski definition) is 5. The van der Waals surface area contributed by atoms with Crippen molar-refractivity contribution in [3.8, 4) is 5.75 Å². The van der Waals surface area contributed by atoms with Crippen molar-refractivity contribution >= 4 is 27.3 Å². The van der Waals surface area contributed by atoms with E-state index < -0.39 is 10.0 Å². The van der Waals surface area contributed by atoms with Gasteiger partial charge in [0.15, 0.2) is 0 Å². The lowest BCUT2D eigenvalue weighted by Crippen LogP contribution is -2.31. The Kier molecular flexibility index (Phi) is 7.42. The molecule has 0 bridgehead atoms. The third-order valence-electron chi connectivity index (χ3n) is 3.36. The normalized spacial score (nSPS) is 11.2. The number of sulfonamides is 1. The van der Waals surface area contributed by atoms with Crippen LogP contribution < -0.4 is 14.8 Å². The second kappa shape index (κ2) is 9.55. The number of thiophene rings is 1. The predicted octanol–water partition coefficient (Wildman–Crippen LogP) is 2.17. The van der Waals surface area contributed by atoms with Crippen LogP contribution in [0.5, 0.6) is 5.75 Å². The second-order valence-electron chi connectivity index (χ2n) is 5.23. The van der Waals surface area contributed by atoms with E-state index >= 15 is 0 Å². The molecule has 0 fully saturated rings. The first-order chi connectivity index (χ1) is 12.0. The highest BCUT2D eigenvalue weighted by Gasteiger charge is 2.14. The van der Waals surface area contributed by atoms with Crippen molar-refractivity contribution in [2.75, 3.05) is 19.7 Å². The highest BCUT2D eigenvalue weighted by Crippen LogP contribution is 2.15. The number of rotatable bonds is 10. The van der Waals surface area contributed by atoms with E-state index in [0.29, 0.717) is 18.9 Å². The van der Waals surface area contributed by atoms with Gasteiger partial charge in [0.25, 0.3) is 0 Å². The average Bonchev–Trinajstić information content (AvgIpc) is 3.09. The van der Waals surface area contributed by atoms with Gasteiger partial charge in [-0.1, -0.05) is 6.07 Å². The Bertz CT molecular complexity index is 756. The van der Waals surface area contributed by atoms with Crippen LogP contribution in [0.25, 0.3) is 0 Å². The zero-order chi connectivity index (χ0) is 18.1. The summed E-state index contributed by atoms with van der Waals surface area (Å²) in [5.41, 5.74) is 0. The molecule has 0 saturated heterocycles. The molecule has 0 spiro atoms. The van der Waals surface area contributed by atoms with Crippen molar-refractivity contribution in [2.24, 2.45) is 0 Å². The van der Waals surface area contributed by atoms with Gasteiger partial charge in [-0.2, -0.15) is 0 Å². The molecule has 1 aromatic carbocycles. The lowest BCUT2D eigenvalue weighted by molar-refractivity contribution is -0.120. The molecular weight excluding hydrogens is 360 g/mol. The van der Waals surface area contributed by atoms with Gasteiger partial charge < -0.3 is 10.1 Å².